The molecule has 1 saturated heterocycles. The van der Waals surface area contributed by atoms with Gasteiger partial charge in [-0.3, -0.25) is 19.2 Å². The van der Waals surface area contributed by atoms with Crippen molar-refractivity contribution in [3.63, 3.8) is 0 Å². The lowest BCUT2D eigenvalue weighted by molar-refractivity contribution is -0.157. The van der Waals surface area contributed by atoms with Gasteiger partial charge >= 0.3 is 12.0 Å². The van der Waals surface area contributed by atoms with Gasteiger partial charge in [-0.15, -0.1) is 0 Å². The lowest BCUT2D eigenvalue weighted by Crippen LogP contribution is -2.62. The molecule has 278 valence electrons. The zero-order valence-corrected chi connectivity index (χ0v) is 31.5. The molecule has 3 fully saturated rings. The monoisotopic (exact) mass is 697 g/mol. The molecule has 0 spiro atoms. The summed E-state index contributed by atoms with van der Waals surface area (Å²) in [5.74, 6) is -2.06. The van der Waals surface area contributed by atoms with E-state index in [9.17, 15) is 29.1 Å². The van der Waals surface area contributed by atoms with Crippen molar-refractivity contribution in [2.45, 2.75) is 130 Å². The highest BCUT2D eigenvalue weighted by molar-refractivity contribution is 5.94. The number of ether oxygens (including phenoxy) is 1. The van der Waals surface area contributed by atoms with Crippen molar-refractivity contribution >= 4 is 29.7 Å². The van der Waals surface area contributed by atoms with Crippen LogP contribution in [0.5, 0.6) is 0 Å². The minimum Gasteiger partial charge on any atom is -0.453 e. The zero-order chi connectivity index (χ0) is 37.4. The second-order valence-electron chi connectivity index (χ2n) is 17.7. The van der Waals surface area contributed by atoms with Crippen molar-refractivity contribution in [2.75, 3.05) is 13.1 Å². The summed E-state index contributed by atoms with van der Waals surface area (Å²) in [4.78, 5) is 68.9. The van der Waals surface area contributed by atoms with Crippen LogP contribution in [-0.2, 0) is 29.5 Å². The number of amides is 5. The fraction of sp³-hybridized carbons (Fsp3) is 0.711. The highest BCUT2D eigenvalue weighted by Crippen LogP contribution is 2.65. The first kappa shape index (κ1) is 39.1. The van der Waals surface area contributed by atoms with Crippen molar-refractivity contribution in [3.05, 3.63) is 35.9 Å². The van der Waals surface area contributed by atoms with Crippen LogP contribution in [-0.4, -0.2) is 82.6 Å². The van der Waals surface area contributed by atoms with Gasteiger partial charge in [-0.25, -0.2) is 4.79 Å². The molecule has 1 aromatic rings. The number of benzene rings is 1. The van der Waals surface area contributed by atoms with Gasteiger partial charge in [0.15, 0.2) is 6.10 Å². The Morgan fingerprint density at radius 1 is 0.960 bits per heavy atom. The van der Waals surface area contributed by atoms with Gasteiger partial charge < -0.3 is 36.0 Å². The Morgan fingerprint density at radius 2 is 1.58 bits per heavy atom. The molecule has 6 atom stereocenters. The summed E-state index contributed by atoms with van der Waals surface area (Å²) in [6.07, 6.45) is 1.62. The highest BCUT2D eigenvalue weighted by atomic mass is 16.6. The van der Waals surface area contributed by atoms with Crippen molar-refractivity contribution < 1.29 is 33.8 Å². The molecule has 4 unspecified atom stereocenters. The molecule has 5 N–H and O–H groups in total. The fourth-order valence-electron chi connectivity index (χ4n) is 7.42. The number of urea groups is 1. The lowest BCUT2D eigenvalue weighted by atomic mass is 9.79. The molecule has 12 heteroatoms. The van der Waals surface area contributed by atoms with E-state index in [0.29, 0.717) is 13.0 Å². The fourth-order valence-corrected chi connectivity index (χ4v) is 7.42. The van der Waals surface area contributed by atoms with Crippen molar-refractivity contribution in [3.8, 4) is 0 Å². The van der Waals surface area contributed by atoms with Gasteiger partial charge in [0.05, 0.1) is 6.04 Å². The molecular weight excluding hydrogens is 638 g/mol. The van der Waals surface area contributed by atoms with E-state index in [1.807, 2.05) is 71.9 Å². The van der Waals surface area contributed by atoms with Gasteiger partial charge in [0.1, 0.15) is 24.2 Å². The van der Waals surface area contributed by atoms with E-state index in [1.54, 1.807) is 18.7 Å². The first-order chi connectivity index (χ1) is 23.0. The number of aliphatic hydroxyl groups excluding tert-OH is 1. The van der Waals surface area contributed by atoms with Crippen molar-refractivity contribution in [2.24, 2.45) is 28.6 Å². The van der Waals surface area contributed by atoms with Gasteiger partial charge in [-0.2, -0.15) is 0 Å². The molecular formula is C38H59N5O7. The number of fused-ring (bicyclic) bond motifs is 1. The van der Waals surface area contributed by atoms with E-state index in [2.05, 4.69) is 35.1 Å². The normalized spacial score (nSPS) is 23.3. The van der Waals surface area contributed by atoms with Crippen LogP contribution in [0.4, 0.5) is 4.79 Å². The number of aliphatic hydroxyl groups is 1. The smallest absolute Gasteiger partial charge is 0.326 e. The highest BCUT2D eigenvalue weighted by Gasteiger charge is 2.70. The maximum absolute atomic E-state index is 14.2. The molecule has 1 aromatic carbocycles. The lowest BCUT2D eigenvalue weighted by Gasteiger charge is -2.39. The Morgan fingerprint density at radius 3 is 2.12 bits per heavy atom. The minimum absolute atomic E-state index is 0.0932. The van der Waals surface area contributed by atoms with Crippen molar-refractivity contribution in [1.82, 2.24) is 26.2 Å². The quantitative estimate of drug-likeness (QED) is 0.208. The molecule has 0 bridgehead atoms. The molecule has 2 saturated carbocycles. The summed E-state index contributed by atoms with van der Waals surface area (Å²) in [7, 11) is 0. The topological polar surface area (TPSA) is 166 Å². The van der Waals surface area contributed by atoms with Crippen LogP contribution in [0.1, 0.15) is 100 Å². The number of nitrogens with zero attached hydrogens (tertiary/aromatic N) is 1. The van der Waals surface area contributed by atoms with Crippen LogP contribution < -0.4 is 21.3 Å². The van der Waals surface area contributed by atoms with Crippen LogP contribution in [0.15, 0.2) is 30.3 Å². The second kappa shape index (κ2) is 14.5. The predicted molar refractivity (Wildman–Crippen MR) is 189 cm³/mol. The molecule has 1 heterocycles. The molecule has 50 heavy (non-hydrogen) atoms. The van der Waals surface area contributed by atoms with Crippen LogP contribution in [0.25, 0.3) is 0 Å². The number of hydrogen-bond donors (Lipinski definition) is 5. The van der Waals surface area contributed by atoms with Gasteiger partial charge in [-0.1, -0.05) is 84.2 Å². The molecule has 5 amide bonds. The van der Waals surface area contributed by atoms with E-state index in [1.165, 1.54) is 0 Å². The molecule has 0 radical (unpaired) electrons. The second-order valence-corrected chi connectivity index (χ2v) is 17.7. The Kier molecular flexibility index (Phi) is 11.4. The zero-order valence-electron chi connectivity index (χ0n) is 31.5. The Bertz CT molecular complexity index is 1430. The SMILES string of the molecule is CC(C)(C)NC(=O)N[C@H](C(=O)N1CC2C([C@H]1C(=O)NC(CC1CCC1)C(O)C(=O)NCC(=O)OC(C)(C)c1ccccc1)C2(C)C)C(C)(C)C. The van der Waals surface area contributed by atoms with E-state index in [-0.39, 0.29) is 29.1 Å². The number of esters is 1. The van der Waals surface area contributed by atoms with Crippen molar-refractivity contribution in [1.29, 1.82) is 0 Å². The first-order valence-electron chi connectivity index (χ1n) is 18.0. The molecule has 3 aliphatic rings. The third kappa shape index (κ3) is 9.16. The van der Waals surface area contributed by atoms with E-state index in [4.69, 9.17) is 4.74 Å². The summed E-state index contributed by atoms with van der Waals surface area (Å²) in [5, 5.41) is 22.4. The first-order valence-corrected chi connectivity index (χ1v) is 18.0. The Hall–Kier alpha value is -3.67. The number of hydrogen-bond acceptors (Lipinski definition) is 7. The maximum atomic E-state index is 14.2. The summed E-state index contributed by atoms with van der Waals surface area (Å²) in [5.41, 5.74) is -1.49. The standard InChI is InChI=1S/C38H59N5O7/c1-35(2,3)30(41-34(49)42-36(4,5)6)33(48)43-21-24-27(37(24,7)8)28(43)31(46)40-25(19-22-15-14-16-22)29(45)32(47)39-20-26(44)50-38(9,10)23-17-12-11-13-18-23/h11-13,17-18,22,24-25,27-30,45H,14-16,19-21H2,1-10H3,(H,39,47)(H,40,46)(H2,41,42,49)/t24?,25?,27?,28-,29?,30+/m0/s1. The molecule has 0 aromatic heterocycles. The Labute approximate surface area is 297 Å². The largest absolute Gasteiger partial charge is 0.453 e. The van der Waals surface area contributed by atoms with Crippen LogP contribution in [0, 0.1) is 28.6 Å². The summed E-state index contributed by atoms with van der Waals surface area (Å²) in [6.45, 7) is 18.7. The summed E-state index contributed by atoms with van der Waals surface area (Å²) >= 11 is 0. The van der Waals surface area contributed by atoms with Crippen LogP contribution in [0.2, 0.25) is 0 Å². The number of carbonyl (C=O) groups is 5. The third-order valence-electron chi connectivity index (χ3n) is 10.7. The third-order valence-corrected chi connectivity index (χ3v) is 10.7. The average Bonchev–Trinajstić information content (AvgIpc) is 3.29. The molecule has 1 aliphatic heterocycles. The maximum Gasteiger partial charge on any atom is 0.326 e. The van der Waals surface area contributed by atoms with Gasteiger partial charge in [0.25, 0.3) is 5.91 Å². The average molecular weight is 698 g/mol. The van der Waals surface area contributed by atoms with Gasteiger partial charge in [-0.05, 0) is 75.2 Å². The van der Waals surface area contributed by atoms with E-state index >= 15 is 0 Å². The van der Waals surface area contributed by atoms with Crippen LogP contribution in [0.3, 0.4) is 0 Å². The molecule has 4 rings (SSSR count). The van der Waals surface area contributed by atoms with Gasteiger partial charge in [0.2, 0.25) is 11.8 Å². The summed E-state index contributed by atoms with van der Waals surface area (Å²) < 4.78 is 5.63. The predicted octanol–water partition coefficient (Wildman–Crippen LogP) is 3.61. The number of nitrogens with one attached hydrogen (secondary N) is 4. The van der Waals surface area contributed by atoms with E-state index in [0.717, 1.165) is 24.8 Å². The molecule has 2 aliphatic carbocycles. The number of carbonyl (C=O) groups excluding carboxylic acids is 5. The number of piperidine rings is 1. The van der Waals surface area contributed by atoms with Gasteiger partial charge in [0, 0.05) is 12.1 Å². The Balaban J connectivity index is 1.47. The summed E-state index contributed by atoms with van der Waals surface area (Å²) in [6, 6.07) is 6.09. The van der Waals surface area contributed by atoms with Crippen LogP contribution >= 0.6 is 0 Å². The minimum atomic E-state index is -1.63. The number of rotatable bonds is 12. The van der Waals surface area contributed by atoms with E-state index < -0.39 is 71.1 Å². The number of likely N-dealkylation sites (tertiary alicyclic amines) is 1. The molecule has 12 nitrogen and oxygen atoms in total.